The average Bonchev–Trinajstić information content (AvgIpc) is 3.31. The molecule has 2 saturated heterocycles. The summed E-state index contributed by atoms with van der Waals surface area (Å²) >= 11 is 0. The summed E-state index contributed by atoms with van der Waals surface area (Å²) in [6, 6.07) is -1.41. The first-order chi connectivity index (χ1) is 16.8. The number of amides is 4. The van der Waals surface area contributed by atoms with Gasteiger partial charge in [-0.3, -0.25) is 19.2 Å². The predicted molar refractivity (Wildman–Crippen MR) is 119 cm³/mol. The van der Waals surface area contributed by atoms with Gasteiger partial charge in [0.2, 0.25) is 17.7 Å². The van der Waals surface area contributed by atoms with Crippen LogP contribution in [0.25, 0.3) is 0 Å². The molecular formula is C24H30F3N5O4. The molecule has 36 heavy (non-hydrogen) atoms. The van der Waals surface area contributed by atoms with Gasteiger partial charge in [-0.1, -0.05) is 26.0 Å². The van der Waals surface area contributed by atoms with Crippen LogP contribution in [0.3, 0.4) is 0 Å². The first-order valence-corrected chi connectivity index (χ1v) is 12.2. The molecule has 9 nitrogen and oxygen atoms in total. The fourth-order valence-electron chi connectivity index (χ4n) is 6.43. The van der Waals surface area contributed by atoms with E-state index < -0.39 is 47.9 Å². The first kappa shape index (κ1) is 26.0. The molecule has 196 valence electrons. The lowest BCUT2D eigenvalue weighted by Gasteiger charge is -2.49. The number of allylic oxidation sites excluding steroid dienone is 1. The van der Waals surface area contributed by atoms with E-state index >= 15 is 0 Å². The lowest BCUT2D eigenvalue weighted by molar-refractivity contribution is -0.175. The Labute approximate surface area is 206 Å². The Morgan fingerprint density at radius 3 is 2.61 bits per heavy atom. The Hall–Kier alpha value is -3.10. The van der Waals surface area contributed by atoms with Crippen LogP contribution in [0.4, 0.5) is 13.2 Å². The normalized spacial score (nSPS) is 37.2. The molecule has 4 rings (SSSR count). The average molecular weight is 510 g/mol. The molecule has 0 aromatic heterocycles. The van der Waals surface area contributed by atoms with Gasteiger partial charge in [0.25, 0.3) is 0 Å². The molecule has 7 atom stereocenters. The lowest BCUT2D eigenvalue weighted by Crippen LogP contribution is -2.59. The minimum Gasteiger partial charge on any atom is -0.355 e. The van der Waals surface area contributed by atoms with E-state index in [1.165, 1.54) is 4.90 Å². The van der Waals surface area contributed by atoms with Gasteiger partial charge in [0.05, 0.1) is 6.07 Å². The number of alkyl halides is 3. The van der Waals surface area contributed by atoms with Gasteiger partial charge in [-0.15, -0.1) is 0 Å². The maximum Gasteiger partial charge on any atom is 0.471 e. The van der Waals surface area contributed by atoms with E-state index in [4.69, 9.17) is 0 Å². The quantitative estimate of drug-likeness (QED) is 0.454. The largest absolute Gasteiger partial charge is 0.471 e. The number of rotatable bonds is 1. The fourth-order valence-corrected chi connectivity index (χ4v) is 6.43. The second-order valence-electron chi connectivity index (χ2n) is 10.9. The van der Waals surface area contributed by atoms with Crippen molar-refractivity contribution in [1.29, 1.82) is 5.26 Å². The monoisotopic (exact) mass is 509 g/mol. The van der Waals surface area contributed by atoms with Gasteiger partial charge in [0.15, 0.2) is 0 Å². The summed E-state index contributed by atoms with van der Waals surface area (Å²) in [6.45, 7) is 4.44. The van der Waals surface area contributed by atoms with Crippen LogP contribution in [-0.2, 0) is 19.2 Å². The van der Waals surface area contributed by atoms with Gasteiger partial charge in [-0.25, -0.2) is 0 Å². The number of halogens is 3. The van der Waals surface area contributed by atoms with Gasteiger partial charge < -0.3 is 20.9 Å². The number of fused-ring (bicyclic) bond motifs is 4. The van der Waals surface area contributed by atoms with Crippen LogP contribution in [-0.4, -0.2) is 65.9 Å². The molecule has 3 heterocycles. The van der Waals surface area contributed by atoms with Crippen molar-refractivity contribution in [1.82, 2.24) is 20.9 Å². The van der Waals surface area contributed by atoms with Crippen LogP contribution < -0.4 is 16.0 Å². The molecule has 3 fully saturated rings. The Morgan fingerprint density at radius 2 is 1.97 bits per heavy atom. The fraction of sp³-hybridized carbons (Fsp3) is 0.708. The van der Waals surface area contributed by atoms with Crippen LogP contribution >= 0.6 is 0 Å². The zero-order chi connectivity index (χ0) is 26.4. The van der Waals surface area contributed by atoms with E-state index in [2.05, 4.69) is 10.6 Å². The minimum atomic E-state index is -5.17. The van der Waals surface area contributed by atoms with Crippen LogP contribution in [0, 0.1) is 40.4 Å². The van der Waals surface area contributed by atoms with E-state index in [0.717, 1.165) is 6.42 Å². The van der Waals surface area contributed by atoms with Crippen molar-refractivity contribution in [2.75, 3.05) is 13.1 Å². The summed E-state index contributed by atoms with van der Waals surface area (Å²) < 4.78 is 39.1. The Morgan fingerprint density at radius 1 is 1.25 bits per heavy atom. The molecule has 1 saturated carbocycles. The topological polar surface area (TPSA) is 131 Å². The van der Waals surface area contributed by atoms with E-state index in [1.807, 2.05) is 25.2 Å². The summed E-state index contributed by atoms with van der Waals surface area (Å²) in [5.41, 5.74) is -0.292. The first-order valence-electron chi connectivity index (χ1n) is 12.2. The van der Waals surface area contributed by atoms with Gasteiger partial charge in [-0.2, -0.15) is 18.4 Å². The maximum absolute atomic E-state index is 13.5. The number of carbonyl (C=O) groups is 4. The number of nitrogens with one attached hydrogen (secondary N) is 3. The van der Waals surface area contributed by atoms with E-state index in [0.29, 0.717) is 6.54 Å². The molecule has 1 aliphatic carbocycles. The highest BCUT2D eigenvalue weighted by molar-refractivity contribution is 5.94. The van der Waals surface area contributed by atoms with Crippen LogP contribution in [0.2, 0.25) is 0 Å². The van der Waals surface area contributed by atoms with E-state index in [1.54, 1.807) is 12.2 Å². The number of hydrogen-bond donors (Lipinski definition) is 3. The standard InChI is InChI=1S/C24H30F3N5O4/c1-23(2)8-13-11-32-18(17(13)23)20(34)30-14(9-28)7-15-12(10-29-19(15)33)5-3-4-6-16(21(32)35)31-22(36)24(25,26)27/h3,5,12-18H,4,6-8,10-11H2,1-2H3,(H,29,33)(H,30,34)(H,31,36)/b5-3+/t12-,13-,14-,15?,16-,17-,18-/m0/s1. The SMILES string of the molecule is CC1(C)C[C@H]2CN3C(=O)[C@@H](NC(=O)C(F)(F)F)CC/C=C/[C@H]4CNC(=O)C4C[C@@H](C#N)NC(=O)[C@@H]3[C@H]21. The second kappa shape index (κ2) is 9.41. The van der Waals surface area contributed by atoms with Crippen molar-refractivity contribution in [3.05, 3.63) is 12.2 Å². The Bertz CT molecular complexity index is 1020. The van der Waals surface area contributed by atoms with Crippen LogP contribution in [0.5, 0.6) is 0 Å². The summed E-state index contributed by atoms with van der Waals surface area (Å²) in [5.74, 6) is -4.85. The molecule has 0 bridgehead atoms. The van der Waals surface area contributed by atoms with Crippen molar-refractivity contribution in [2.45, 2.75) is 63.8 Å². The summed E-state index contributed by atoms with van der Waals surface area (Å²) in [5, 5.41) is 17.0. The summed E-state index contributed by atoms with van der Waals surface area (Å²) in [7, 11) is 0. The Balaban J connectivity index is 1.68. The molecule has 3 aliphatic heterocycles. The van der Waals surface area contributed by atoms with Crippen molar-refractivity contribution < 1.29 is 32.3 Å². The smallest absolute Gasteiger partial charge is 0.355 e. The minimum absolute atomic E-state index is 0.0141. The molecule has 0 aromatic carbocycles. The molecule has 0 aromatic rings. The highest BCUT2D eigenvalue weighted by atomic mass is 19.4. The third kappa shape index (κ3) is 4.80. The van der Waals surface area contributed by atoms with E-state index in [9.17, 15) is 37.6 Å². The zero-order valence-corrected chi connectivity index (χ0v) is 20.1. The zero-order valence-electron chi connectivity index (χ0n) is 20.1. The highest BCUT2D eigenvalue weighted by Gasteiger charge is 2.61. The lowest BCUT2D eigenvalue weighted by atomic mass is 9.55. The van der Waals surface area contributed by atoms with Gasteiger partial charge >= 0.3 is 12.1 Å². The molecule has 12 heteroatoms. The van der Waals surface area contributed by atoms with Crippen molar-refractivity contribution in [2.24, 2.45) is 29.1 Å². The molecule has 3 N–H and O–H groups in total. The predicted octanol–water partition coefficient (Wildman–Crippen LogP) is 1.02. The molecule has 1 unspecified atom stereocenters. The van der Waals surface area contributed by atoms with Crippen molar-refractivity contribution >= 4 is 23.6 Å². The molecule has 0 spiro atoms. The molecular weight excluding hydrogens is 479 g/mol. The molecule has 0 radical (unpaired) electrons. The highest BCUT2D eigenvalue weighted by Crippen LogP contribution is 2.57. The molecule has 4 aliphatic rings. The third-order valence-corrected chi connectivity index (χ3v) is 8.05. The van der Waals surface area contributed by atoms with E-state index in [-0.39, 0.29) is 54.9 Å². The summed E-state index contributed by atoms with van der Waals surface area (Å²) in [6.07, 6.45) is -0.833. The van der Waals surface area contributed by atoms with Gasteiger partial charge in [-0.05, 0) is 42.9 Å². The number of nitrogens with zero attached hydrogens (tertiary/aromatic N) is 2. The van der Waals surface area contributed by atoms with Crippen LogP contribution in [0.1, 0.15) is 39.5 Å². The van der Waals surface area contributed by atoms with Gasteiger partial charge in [0.1, 0.15) is 18.1 Å². The van der Waals surface area contributed by atoms with Crippen LogP contribution in [0.15, 0.2) is 12.2 Å². The van der Waals surface area contributed by atoms with Crippen molar-refractivity contribution in [3.63, 3.8) is 0 Å². The number of carbonyl (C=O) groups excluding carboxylic acids is 4. The van der Waals surface area contributed by atoms with Crippen molar-refractivity contribution in [3.8, 4) is 6.07 Å². The maximum atomic E-state index is 13.5. The number of nitriles is 1. The third-order valence-electron chi connectivity index (χ3n) is 8.05. The van der Waals surface area contributed by atoms with Gasteiger partial charge in [0, 0.05) is 24.9 Å². The second-order valence-corrected chi connectivity index (χ2v) is 10.9. The summed E-state index contributed by atoms with van der Waals surface area (Å²) in [4.78, 5) is 52.4. The molecule has 4 amide bonds. The Kier molecular flexibility index (Phi) is 6.79. The number of hydrogen-bond acceptors (Lipinski definition) is 5.